The van der Waals surface area contributed by atoms with Crippen LogP contribution in [0.5, 0.6) is 0 Å². The van der Waals surface area contributed by atoms with Gasteiger partial charge in [-0.15, -0.1) is 0 Å². The number of nitrogens with zero attached hydrogens (tertiary/aromatic N) is 2. The summed E-state index contributed by atoms with van der Waals surface area (Å²) in [5.74, 6) is -0.385. The summed E-state index contributed by atoms with van der Waals surface area (Å²) in [4.78, 5) is 16.7. The highest BCUT2D eigenvalue weighted by molar-refractivity contribution is 7.90. The monoisotopic (exact) mass is 369 g/mol. The molecule has 0 aliphatic heterocycles. The molecule has 1 aliphatic rings. The van der Waals surface area contributed by atoms with Crippen molar-refractivity contribution in [2.24, 2.45) is 0 Å². The maximum Gasteiger partial charge on any atom is 0.272 e. The second kappa shape index (κ2) is 6.25. The molecule has 6 nitrogen and oxygen atoms in total. The zero-order valence-corrected chi connectivity index (χ0v) is 15.2. The first-order valence-corrected chi connectivity index (χ1v) is 10.4. The van der Waals surface area contributed by atoms with Crippen molar-refractivity contribution in [1.82, 2.24) is 14.7 Å². The molecule has 7 heteroatoms. The van der Waals surface area contributed by atoms with E-state index in [-0.39, 0.29) is 16.8 Å². The average Bonchev–Trinajstić information content (AvgIpc) is 3.23. The molecule has 134 valence electrons. The van der Waals surface area contributed by atoms with Crippen molar-refractivity contribution >= 4 is 21.3 Å². The summed E-state index contributed by atoms with van der Waals surface area (Å²) in [5, 5.41) is 2.72. The number of nitrogens with one attached hydrogen (secondary N) is 1. The van der Waals surface area contributed by atoms with Crippen molar-refractivity contribution in [2.75, 3.05) is 6.26 Å². The summed E-state index contributed by atoms with van der Waals surface area (Å²) in [6.45, 7) is 0.381. The van der Waals surface area contributed by atoms with Crippen LogP contribution in [0.1, 0.15) is 33.6 Å². The van der Waals surface area contributed by atoms with Gasteiger partial charge in [-0.1, -0.05) is 24.3 Å². The van der Waals surface area contributed by atoms with Gasteiger partial charge in [0.2, 0.25) is 15.0 Å². The summed E-state index contributed by atoms with van der Waals surface area (Å²) >= 11 is 0. The molecule has 0 unspecified atom stereocenters. The van der Waals surface area contributed by atoms with E-state index in [2.05, 4.69) is 22.4 Å². The second-order valence-electron chi connectivity index (χ2n) is 6.61. The fourth-order valence-corrected chi connectivity index (χ4v) is 4.21. The van der Waals surface area contributed by atoms with E-state index in [0.717, 1.165) is 24.7 Å². The molecule has 3 aromatic rings. The first kappa shape index (κ1) is 16.8. The van der Waals surface area contributed by atoms with E-state index in [0.29, 0.717) is 12.1 Å². The lowest BCUT2D eigenvalue weighted by Crippen LogP contribution is -2.23. The molecule has 0 radical (unpaired) electrons. The quantitative estimate of drug-likeness (QED) is 0.764. The third-order valence-corrected chi connectivity index (χ3v) is 5.63. The normalized spacial score (nSPS) is 13.7. The highest BCUT2D eigenvalue weighted by atomic mass is 32.2. The van der Waals surface area contributed by atoms with E-state index in [1.807, 2.05) is 6.07 Å². The second-order valence-corrected chi connectivity index (χ2v) is 8.52. The number of carbonyl (C=O) groups is 1. The third kappa shape index (κ3) is 2.99. The molecule has 0 atom stereocenters. The predicted molar refractivity (Wildman–Crippen MR) is 97.9 cm³/mol. The number of aromatic nitrogens is 2. The number of pyridine rings is 1. The van der Waals surface area contributed by atoms with Gasteiger partial charge in [0.1, 0.15) is 0 Å². The number of hydrogen-bond donors (Lipinski definition) is 1. The zero-order chi connectivity index (χ0) is 18.3. The fraction of sp³-hybridized carbons (Fsp3) is 0.263. The van der Waals surface area contributed by atoms with Crippen molar-refractivity contribution < 1.29 is 13.2 Å². The first-order chi connectivity index (χ1) is 12.4. The van der Waals surface area contributed by atoms with Crippen molar-refractivity contribution in [2.45, 2.75) is 31.0 Å². The number of imidazole rings is 1. The number of benzene rings is 1. The number of hydrogen-bond acceptors (Lipinski definition) is 4. The van der Waals surface area contributed by atoms with Crippen LogP contribution >= 0.6 is 0 Å². The highest BCUT2D eigenvalue weighted by Crippen LogP contribution is 2.23. The Bertz CT molecular complexity index is 1120. The van der Waals surface area contributed by atoms with Crippen LogP contribution in [0.15, 0.2) is 47.8 Å². The minimum Gasteiger partial charge on any atom is -0.347 e. The number of fused-ring (bicyclic) bond motifs is 2. The van der Waals surface area contributed by atoms with Gasteiger partial charge in [0.25, 0.3) is 5.91 Å². The summed E-state index contributed by atoms with van der Waals surface area (Å²) in [5.41, 5.74) is 4.36. The summed E-state index contributed by atoms with van der Waals surface area (Å²) in [7, 11) is -3.54. The molecule has 4 rings (SSSR count). The van der Waals surface area contributed by atoms with Gasteiger partial charge in [0.05, 0.1) is 5.52 Å². The van der Waals surface area contributed by atoms with E-state index in [9.17, 15) is 13.2 Å². The van der Waals surface area contributed by atoms with Crippen molar-refractivity contribution in [3.05, 3.63) is 65.0 Å². The van der Waals surface area contributed by atoms with E-state index in [1.165, 1.54) is 21.9 Å². The molecule has 26 heavy (non-hydrogen) atoms. The lowest BCUT2D eigenvalue weighted by Gasteiger charge is -2.06. The Morgan fingerprint density at radius 2 is 2.00 bits per heavy atom. The van der Waals surface area contributed by atoms with Crippen LogP contribution in [0, 0.1) is 0 Å². The van der Waals surface area contributed by atoms with Crippen LogP contribution in [-0.2, 0) is 29.2 Å². The van der Waals surface area contributed by atoms with Gasteiger partial charge >= 0.3 is 0 Å². The van der Waals surface area contributed by atoms with Crippen LogP contribution in [0.3, 0.4) is 0 Å². The van der Waals surface area contributed by atoms with E-state index in [4.69, 9.17) is 0 Å². The van der Waals surface area contributed by atoms with Crippen LogP contribution < -0.4 is 5.32 Å². The molecule has 0 saturated heterocycles. The van der Waals surface area contributed by atoms with Gasteiger partial charge in [-0.05, 0) is 48.1 Å². The maximum atomic E-state index is 12.6. The summed E-state index contributed by atoms with van der Waals surface area (Å²) in [6.07, 6.45) is 6.06. The van der Waals surface area contributed by atoms with Crippen LogP contribution in [-0.4, -0.2) is 30.0 Å². The number of aryl methyl sites for hydroxylation is 2. The van der Waals surface area contributed by atoms with Crippen LogP contribution in [0.2, 0.25) is 0 Å². The number of carbonyl (C=O) groups excluding carboxylic acids is 1. The lowest BCUT2D eigenvalue weighted by atomic mass is 10.1. The molecule has 2 heterocycles. The van der Waals surface area contributed by atoms with Gasteiger partial charge < -0.3 is 5.32 Å². The first-order valence-electron chi connectivity index (χ1n) is 8.49. The van der Waals surface area contributed by atoms with Crippen LogP contribution in [0.4, 0.5) is 0 Å². The molecule has 1 amide bonds. The molecule has 0 fully saturated rings. The molecule has 0 spiro atoms. The van der Waals surface area contributed by atoms with Crippen molar-refractivity contribution in [1.29, 1.82) is 0 Å². The Morgan fingerprint density at radius 3 is 2.81 bits per heavy atom. The predicted octanol–water partition coefficient (Wildman–Crippen LogP) is 2.16. The SMILES string of the molecule is CS(=O)(=O)c1nc(C(=O)NCc2ccc3c(c2)CCC3)c2ccccn12. The Hall–Kier alpha value is -2.67. The van der Waals surface area contributed by atoms with Gasteiger partial charge in [0, 0.05) is 19.0 Å². The lowest BCUT2D eigenvalue weighted by molar-refractivity contribution is 0.0947. The largest absolute Gasteiger partial charge is 0.347 e. The highest BCUT2D eigenvalue weighted by Gasteiger charge is 2.22. The van der Waals surface area contributed by atoms with E-state index in [1.54, 1.807) is 24.4 Å². The maximum absolute atomic E-state index is 12.6. The zero-order valence-electron chi connectivity index (χ0n) is 14.4. The smallest absolute Gasteiger partial charge is 0.272 e. The number of rotatable bonds is 4. The van der Waals surface area contributed by atoms with Gasteiger partial charge in [-0.3, -0.25) is 9.20 Å². The molecular weight excluding hydrogens is 350 g/mol. The summed E-state index contributed by atoms with van der Waals surface area (Å²) in [6, 6.07) is 11.4. The topological polar surface area (TPSA) is 80.5 Å². The summed E-state index contributed by atoms with van der Waals surface area (Å²) < 4.78 is 25.3. The number of sulfone groups is 1. The van der Waals surface area contributed by atoms with Crippen molar-refractivity contribution in [3.63, 3.8) is 0 Å². The molecule has 1 N–H and O–H groups in total. The average molecular weight is 369 g/mol. The van der Waals surface area contributed by atoms with E-state index < -0.39 is 9.84 Å². The molecular formula is C19H19N3O3S. The van der Waals surface area contributed by atoms with Gasteiger partial charge in [-0.25, -0.2) is 13.4 Å². The van der Waals surface area contributed by atoms with Gasteiger partial charge in [-0.2, -0.15) is 0 Å². The molecule has 1 aromatic carbocycles. The van der Waals surface area contributed by atoms with E-state index >= 15 is 0 Å². The fourth-order valence-electron chi connectivity index (χ4n) is 3.44. The minimum atomic E-state index is -3.54. The molecule has 1 aliphatic carbocycles. The van der Waals surface area contributed by atoms with Crippen molar-refractivity contribution in [3.8, 4) is 0 Å². The van der Waals surface area contributed by atoms with Gasteiger partial charge in [0.15, 0.2) is 5.69 Å². The standard InChI is InChI=1S/C19H19N3O3S/c1-26(24,25)19-21-17(16-7-2-3-10-22(16)19)18(23)20-12-13-8-9-14-5-4-6-15(14)11-13/h2-3,7-11H,4-6,12H2,1H3,(H,20,23). The minimum absolute atomic E-state index is 0.118. The molecule has 2 aromatic heterocycles. The Labute approximate surface area is 151 Å². The Morgan fingerprint density at radius 1 is 1.19 bits per heavy atom. The third-order valence-electron chi connectivity index (χ3n) is 4.68. The molecule has 0 bridgehead atoms. The number of amides is 1. The van der Waals surface area contributed by atoms with Crippen LogP contribution in [0.25, 0.3) is 5.52 Å². The molecule has 0 saturated carbocycles. The Kier molecular flexibility index (Phi) is 4.03. The Balaban J connectivity index is 1.61.